The largest absolute Gasteiger partial charge is 0.342 e. The minimum Gasteiger partial charge on any atom is -0.342 e. The lowest BCUT2D eigenvalue weighted by Crippen LogP contribution is -2.44. The molecule has 1 aromatic rings. The molecule has 26 heavy (non-hydrogen) atoms. The van der Waals surface area contributed by atoms with E-state index in [1.807, 2.05) is 11.8 Å². The van der Waals surface area contributed by atoms with Crippen molar-refractivity contribution in [2.45, 2.75) is 65.2 Å². The number of piperidine rings is 1. The Morgan fingerprint density at radius 1 is 1.00 bits per heavy atom. The van der Waals surface area contributed by atoms with Gasteiger partial charge in [0.2, 0.25) is 5.91 Å². The summed E-state index contributed by atoms with van der Waals surface area (Å²) in [5.41, 5.74) is 0.839. The molecule has 0 aromatic carbocycles. The number of aryl methyl sites for hydroxylation is 1. The third kappa shape index (κ3) is 4.27. The van der Waals surface area contributed by atoms with Crippen molar-refractivity contribution in [1.82, 2.24) is 14.8 Å². The predicted molar refractivity (Wildman–Crippen MR) is 105 cm³/mol. The van der Waals surface area contributed by atoms with Gasteiger partial charge in [-0.05, 0) is 32.6 Å². The van der Waals surface area contributed by atoms with Gasteiger partial charge >= 0.3 is 0 Å². The van der Waals surface area contributed by atoms with Gasteiger partial charge in [-0.25, -0.2) is 4.98 Å². The van der Waals surface area contributed by atoms with E-state index in [0.717, 1.165) is 54.4 Å². The van der Waals surface area contributed by atoms with Crippen molar-refractivity contribution >= 4 is 23.2 Å². The highest BCUT2D eigenvalue weighted by Crippen LogP contribution is 2.28. The Hall–Kier alpha value is -1.43. The lowest BCUT2D eigenvalue weighted by atomic mass is 9.95. The summed E-state index contributed by atoms with van der Waals surface area (Å²) in [6.45, 7) is 9.31. The summed E-state index contributed by atoms with van der Waals surface area (Å²) in [6, 6.07) is 0. The van der Waals surface area contributed by atoms with Crippen LogP contribution in [0, 0.1) is 12.8 Å². The van der Waals surface area contributed by atoms with Crippen molar-refractivity contribution in [3.05, 3.63) is 15.6 Å². The number of likely N-dealkylation sites (tertiary alicyclic amines) is 2. The highest BCUT2D eigenvalue weighted by atomic mass is 32.1. The average molecular weight is 378 g/mol. The summed E-state index contributed by atoms with van der Waals surface area (Å²) in [7, 11) is 0. The van der Waals surface area contributed by atoms with E-state index in [1.54, 1.807) is 0 Å². The summed E-state index contributed by atoms with van der Waals surface area (Å²) < 4.78 is 0. The zero-order chi connectivity index (χ0) is 18.7. The maximum absolute atomic E-state index is 12.9. The van der Waals surface area contributed by atoms with Gasteiger partial charge in [-0.2, -0.15) is 0 Å². The predicted octanol–water partition coefficient (Wildman–Crippen LogP) is 3.83. The van der Waals surface area contributed by atoms with Crippen molar-refractivity contribution in [1.29, 1.82) is 0 Å². The second-order valence-corrected chi connectivity index (χ2v) is 8.96. The molecule has 0 atom stereocenters. The van der Waals surface area contributed by atoms with Crippen LogP contribution in [-0.2, 0) is 4.79 Å². The number of hydrogen-bond acceptors (Lipinski definition) is 4. The Kier molecular flexibility index (Phi) is 6.33. The minimum atomic E-state index is 0.0888. The summed E-state index contributed by atoms with van der Waals surface area (Å²) >= 11 is 1.52. The van der Waals surface area contributed by atoms with E-state index in [0.29, 0.717) is 24.9 Å². The third-order valence-electron chi connectivity index (χ3n) is 5.55. The number of hydrogen-bond donors (Lipinski definition) is 0. The molecule has 0 aliphatic carbocycles. The summed E-state index contributed by atoms with van der Waals surface area (Å²) in [5, 5.41) is 1.03. The van der Waals surface area contributed by atoms with Crippen LogP contribution in [0.1, 0.15) is 78.7 Å². The van der Waals surface area contributed by atoms with Crippen molar-refractivity contribution in [2.75, 3.05) is 26.2 Å². The molecule has 2 saturated heterocycles. The molecule has 0 radical (unpaired) electrons. The quantitative estimate of drug-likeness (QED) is 0.804. The maximum atomic E-state index is 12.9. The summed E-state index contributed by atoms with van der Waals surface area (Å²) in [6.07, 6.45) is 6.32. The van der Waals surface area contributed by atoms with Gasteiger partial charge in [0, 0.05) is 38.0 Å². The van der Waals surface area contributed by atoms with Gasteiger partial charge in [0.05, 0.1) is 10.7 Å². The molecular formula is C20H31N3O2S. The fourth-order valence-electron chi connectivity index (χ4n) is 3.89. The van der Waals surface area contributed by atoms with Crippen molar-refractivity contribution in [2.24, 2.45) is 5.92 Å². The van der Waals surface area contributed by atoms with Crippen LogP contribution in [-0.4, -0.2) is 52.8 Å². The second-order valence-electron chi connectivity index (χ2n) is 7.93. The zero-order valence-corrected chi connectivity index (χ0v) is 17.1. The zero-order valence-electron chi connectivity index (χ0n) is 16.3. The standard InChI is InChI=1S/C20H31N3O2S/c1-14(2)18-21-15(3)17(26-18)20(25)23-12-8-16(9-13-23)19(24)22-10-6-4-5-7-11-22/h14,16H,4-13H2,1-3H3. The fourth-order valence-corrected chi connectivity index (χ4v) is 4.92. The van der Waals surface area contributed by atoms with Gasteiger partial charge in [-0.15, -0.1) is 11.3 Å². The van der Waals surface area contributed by atoms with Gasteiger partial charge in [0.1, 0.15) is 4.88 Å². The molecule has 144 valence electrons. The van der Waals surface area contributed by atoms with Crippen molar-refractivity contribution in [3.63, 3.8) is 0 Å². The molecule has 1 aromatic heterocycles. The van der Waals surface area contributed by atoms with Crippen LogP contribution >= 0.6 is 11.3 Å². The molecule has 2 aliphatic rings. The monoisotopic (exact) mass is 377 g/mol. The summed E-state index contributed by atoms with van der Waals surface area (Å²) in [4.78, 5) is 35.0. The van der Waals surface area contributed by atoms with E-state index in [9.17, 15) is 9.59 Å². The molecule has 3 rings (SSSR count). The van der Waals surface area contributed by atoms with Gasteiger partial charge in [-0.3, -0.25) is 9.59 Å². The van der Waals surface area contributed by atoms with Crippen LogP contribution in [0.3, 0.4) is 0 Å². The molecule has 0 saturated carbocycles. The second kappa shape index (κ2) is 8.51. The molecule has 2 fully saturated rings. The molecule has 2 amide bonds. The normalized spacial score (nSPS) is 19.7. The van der Waals surface area contributed by atoms with Gasteiger partial charge in [0.15, 0.2) is 0 Å². The maximum Gasteiger partial charge on any atom is 0.265 e. The molecule has 6 heteroatoms. The molecule has 2 aliphatic heterocycles. The first-order valence-corrected chi connectivity index (χ1v) is 10.8. The number of aromatic nitrogens is 1. The van der Waals surface area contributed by atoms with Crippen LogP contribution in [0.5, 0.6) is 0 Å². The number of amides is 2. The van der Waals surface area contributed by atoms with Gasteiger partial charge in [0.25, 0.3) is 5.91 Å². The van der Waals surface area contributed by atoms with Crippen molar-refractivity contribution < 1.29 is 9.59 Å². The molecular weight excluding hydrogens is 346 g/mol. The van der Waals surface area contributed by atoms with E-state index in [1.165, 1.54) is 24.2 Å². The Morgan fingerprint density at radius 2 is 1.62 bits per heavy atom. The first kappa shape index (κ1) is 19.3. The van der Waals surface area contributed by atoms with Gasteiger partial charge < -0.3 is 9.80 Å². The van der Waals surface area contributed by atoms with E-state index < -0.39 is 0 Å². The molecule has 3 heterocycles. The average Bonchev–Trinajstić information content (AvgIpc) is 2.85. The number of thiazole rings is 1. The van der Waals surface area contributed by atoms with E-state index in [-0.39, 0.29) is 11.8 Å². The van der Waals surface area contributed by atoms with Crippen LogP contribution < -0.4 is 0 Å². The first-order valence-electron chi connectivity index (χ1n) is 10.0. The number of rotatable bonds is 3. The highest BCUT2D eigenvalue weighted by molar-refractivity contribution is 7.13. The first-order chi connectivity index (χ1) is 12.5. The number of nitrogens with zero attached hydrogens (tertiary/aromatic N) is 3. The van der Waals surface area contributed by atoms with E-state index in [4.69, 9.17) is 0 Å². The lowest BCUT2D eigenvalue weighted by molar-refractivity contribution is -0.136. The van der Waals surface area contributed by atoms with Crippen LogP contribution in [0.2, 0.25) is 0 Å². The summed E-state index contributed by atoms with van der Waals surface area (Å²) in [5.74, 6) is 0.839. The SMILES string of the molecule is Cc1nc(C(C)C)sc1C(=O)N1CCC(C(=O)N2CCCCCC2)CC1. The topological polar surface area (TPSA) is 53.5 Å². The fraction of sp³-hybridized carbons (Fsp3) is 0.750. The van der Waals surface area contributed by atoms with Crippen LogP contribution in [0.25, 0.3) is 0 Å². The molecule has 0 unspecified atom stereocenters. The Labute approximate surface area is 160 Å². The Bertz CT molecular complexity index is 639. The molecule has 0 N–H and O–H groups in total. The minimum absolute atomic E-state index is 0.0888. The smallest absolute Gasteiger partial charge is 0.265 e. The lowest BCUT2D eigenvalue weighted by Gasteiger charge is -2.34. The number of carbonyl (C=O) groups is 2. The van der Waals surface area contributed by atoms with E-state index in [2.05, 4.69) is 23.7 Å². The van der Waals surface area contributed by atoms with E-state index >= 15 is 0 Å². The van der Waals surface area contributed by atoms with Crippen LogP contribution in [0.4, 0.5) is 0 Å². The third-order valence-corrected chi connectivity index (χ3v) is 7.00. The van der Waals surface area contributed by atoms with Crippen LogP contribution in [0.15, 0.2) is 0 Å². The Morgan fingerprint density at radius 3 is 2.15 bits per heavy atom. The number of carbonyl (C=O) groups excluding carboxylic acids is 2. The molecule has 0 spiro atoms. The molecule has 0 bridgehead atoms. The van der Waals surface area contributed by atoms with Crippen molar-refractivity contribution in [3.8, 4) is 0 Å². The molecule has 5 nitrogen and oxygen atoms in total. The van der Waals surface area contributed by atoms with Gasteiger partial charge in [-0.1, -0.05) is 26.7 Å². The highest BCUT2D eigenvalue weighted by Gasteiger charge is 2.32. The Balaban J connectivity index is 1.57.